The lowest BCUT2D eigenvalue weighted by Crippen LogP contribution is -2.46. The molecule has 2 aliphatic rings. The SMILES string of the molecule is CC.COC(=O)c1csc(-c2ccc(C(=O)NC3(C)CCC(NCC(=O)N4Cc5ccc(F)cc5C4)C3)cc2)c1. The second-order valence-electron chi connectivity index (χ2n) is 10.3. The van der Waals surface area contributed by atoms with Gasteiger partial charge < -0.3 is 20.3 Å². The van der Waals surface area contributed by atoms with Crippen molar-refractivity contribution in [3.05, 3.63) is 82.0 Å². The van der Waals surface area contributed by atoms with Gasteiger partial charge in [0.1, 0.15) is 5.82 Å². The van der Waals surface area contributed by atoms with Gasteiger partial charge in [-0.3, -0.25) is 9.59 Å². The zero-order chi connectivity index (χ0) is 28.9. The largest absolute Gasteiger partial charge is 0.465 e. The van der Waals surface area contributed by atoms with Crippen LogP contribution in [0.1, 0.15) is 71.9 Å². The molecule has 5 rings (SSSR count). The molecule has 9 heteroatoms. The van der Waals surface area contributed by atoms with Crippen molar-refractivity contribution >= 4 is 29.1 Å². The lowest BCUT2D eigenvalue weighted by Gasteiger charge is -2.26. The molecule has 2 amide bonds. The van der Waals surface area contributed by atoms with Crippen molar-refractivity contribution in [1.82, 2.24) is 15.5 Å². The van der Waals surface area contributed by atoms with E-state index in [4.69, 9.17) is 4.74 Å². The number of methoxy groups -OCH3 is 1. The highest BCUT2D eigenvalue weighted by Crippen LogP contribution is 2.31. The minimum absolute atomic E-state index is 0.0104. The molecule has 7 nitrogen and oxygen atoms in total. The Hall–Kier alpha value is -3.56. The quantitative estimate of drug-likeness (QED) is 0.368. The summed E-state index contributed by atoms with van der Waals surface area (Å²) in [5.41, 5.74) is 3.48. The molecular weight excluding hydrogens is 529 g/mol. The van der Waals surface area contributed by atoms with Crippen LogP contribution >= 0.6 is 11.3 Å². The summed E-state index contributed by atoms with van der Waals surface area (Å²) in [7, 11) is 1.35. The first-order chi connectivity index (χ1) is 19.2. The highest BCUT2D eigenvalue weighted by molar-refractivity contribution is 7.13. The van der Waals surface area contributed by atoms with E-state index < -0.39 is 0 Å². The predicted molar refractivity (Wildman–Crippen MR) is 155 cm³/mol. The van der Waals surface area contributed by atoms with Crippen molar-refractivity contribution in [1.29, 1.82) is 0 Å². The van der Waals surface area contributed by atoms with E-state index >= 15 is 0 Å². The molecule has 0 saturated heterocycles. The first-order valence-corrected chi connectivity index (χ1v) is 14.5. The molecule has 1 aliphatic carbocycles. The Morgan fingerprint density at radius 3 is 2.50 bits per heavy atom. The van der Waals surface area contributed by atoms with Crippen LogP contribution in [-0.4, -0.2) is 47.9 Å². The Morgan fingerprint density at radius 2 is 1.77 bits per heavy atom. The number of ether oxygens (including phenoxy) is 1. The number of halogens is 1. The minimum atomic E-state index is -0.374. The van der Waals surface area contributed by atoms with Gasteiger partial charge in [0.2, 0.25) is 5.91 Å². The molecule has 1 saturated carbocycles. The van der Waals surface area contributed by atoms with E-state index in [-0.39, 0.29) is 41.7 Å². The monoisotopic (exact) mass is 565 g/mol. The van der Waals surface area contributed by atoms with E-state index in [0.29, 0.717) is 24.2 Å². The molecule has 1 aliphatic heterocycles. The molecule has 3 aromatic rings. The zero-order valence-electron chi connectivity index (χ0n) is 23.4. The first-order valence-electron chi connectivity index (χ1n) is 13.6. The number of thiophene rings is 1. The molecule has 40 heavy (non-hydrogen) atoms. The van der Waals surface area contributed by atoms with Crippen LogP contribution in [-0.2, 0) is 22.6 Å². The van der Waals surface area contributed by atoms with Crippen LogP contribution in [0.2, 0.25) is 0 Å². The number of hydrogen-bond donors (Lipinski definition) is 2. The van der Waals surface area contributed by atoms with Crippen molar-refractivity contribution in [2.45, 2.75) is 64.7 Å². The van der Waals surface area contributed by atoms with E-state index in [1.165, 1.54) is 30.6 Å². The summed E-state index contributed by atoms with van der Waals surface area (Å²) in [6, 6.07) is 13.9. The molecule has 212 valence electrons. The lowest BCUT2D eigenvalue weighted by molar-refractivity contribution is -0.131. The molecule has 2 atom stereocenters. The number of nitrogens with zero attached hydrogens (tertiary/aromatic N) is 1. The van der Waals surface area contributed by atoms with Gasteiger partial charge in [0.15, 0.2) is 0 Å². The van der Waals surface area contributed by atoms with Crippen LogP contribution in [0.5, 0.6) is 0 Å². The zero-order valence-corrected chi connectivity index (χ0v) is 24.2. The third-order valence-corrected chi connectivity index (χ3v) is 8.37. The molecule has 2 N–H and O–H groups in total. The standard InChI is InChI=1S/C29H30FN3O4S.C2H6/c1-29(32-27(35)19-5-3-18(4-6-19)25-12-22(17-38-25)28(36)37-2)10-9-24(13-29)31-14-26(34)33-15-20-7-8-23(30)11-21(20)16-33;1-2/h3-8,11-12,17,24,31H,9-10,13-16H2,1-2H3,(H,32,35);1-2H3. The maximum atomic E-state index is 13.5. The second kappa shape index (κ2) is 12.7. The fourth-order valence-corrected chi connectivity index (χ4v) is 6.14. The molecule has 2 aromatic carbocycles. The van der Waals surface area contributed by atoms with Crippen molar-refractivity contribution < 1.29 is 23.5 Å². The van der Waals surface area contributed by atoms with Gasteiger partial charge in [-0.25, -0.2) is 9.18 Å². The smallest absolute Gasteiger partial charge is 0.338 e. The number of nitrogens with one attached hydrogen (secondary N) is 2. The van der Waals surface area contributed by atoms with Crippen LogP contribution in [0.25, 0.3) is 10.4 Å². The van der Waals surface area contributed by atoms with Gasteiger partial charge >= 0.3 is 5.97 Å². The summed E-state index contributed by atoms with van der Waals surface area (Å²) < 4.78 is 18.2. The first kappa shape index (κ1) is 29.4. The van der Waals surface area contributed by atoms with Gasteiger partial charge in [0.25, 0.3) is 5.91 Å². The van der Waals surface area contributed by atoms with Crippen molar-refractivity contribution in [3.8, 4) is 10.4 Å². The molecule has 0 spiro atoms. The highest BCUT2D eigenvalue weighted by Gasteiger charge is 2.37. The van der Waals surface area contributed by atoms with Crippen LogP contribution < -0.4 is 10.6 Å². The van der Waals surface area contributed by atoms with Gasteiger partial charge in [-0.2, -0.15) is 0 Å². The molecule has 2 unspecified atom stereocenters. The van der Waals surface area contributed by atoms with E-state index in [9.17, 15) is 18.8 Å². The van der Waals surface area contributed by atoms with E-state index in [1.54, 1.807) is 34.5 Å². The van der Waals surface area contributed by atoms with Crippen LogP contribution in [0, 0.1) is 5.82 Å². The Balaban J connectivity index is 0.00000181. The van der Waals surface area contributed by atoms with Gasteiger partial charge in [-0.05, 0) is 73.2 Å². The summed E-state index contributed by atoms with van der Waals surface area (Å²) >= 11 is 1.45. The number of benzene rings is 2. The maximum Gasteiger partial charge on any atom is 0.338 e. The number of fused-ring (bicyclic) bond motifs is 1. The van der Waals surface area contributed by atoms with Crippen molar-refractivity contribution in [3.63, 3.8) is 0 Å². The van der Waals surface area contributed by atoms with Gasteiger partial charge in [-0.15, -0.1) is 11.3 Å². The summed E-state index contributed by atoms with van der Waals surface area (Å²) in [5.74, 6) is -0.803. The van der Waals surface area contributed by atoms with E-state index in [2.05, 4.69) is 10.6 Å². The van der Waals surface area contributed by atoms with Crippen molar-refractivity contribution in [2.24, 2.45) is 0 Å². The predicted octanol–water partition coefficient (Wildman–Crippen LogP) is 5.54. The summed E-state index contributed by atoms with van der Waals surface area (Å²) in [4.78, 5) is 40.1. The minimum Gasteiger partial charge on any atom is -0.465 e. The van der Waals surface area contributed by atoms with Crippen molar-refractivity contribution in [2.75, 3.05) is 13.7 Å². The number of rotatable bonds is 7. The van der Waals surface area contributed by atoms with Crippen LogP contribution in [0.4, 0.5) is 4.39 Å². The van der Waals surface area contributed by atoms with Crippen LogP contribution in [0.3, 0.4) is 0 Å². The average Bonchev–Trinajstić information content (AvgIpc) is 3.71. The fourth-order valence-electron chi connectivity index (χ4n) is 5.26. The van der Waals surface area contributed by atoms with Gasteiger partial charge in [0.05, 0.1) is 19.2 Å². The van der Waals surface area contributed by atoms with Crippen LogP contribution in [0.15, 0.2) is 53.9 Å². The molecule has 1 aromatic heterocycles. The summed E-state index contributed by atoms with van der Waals surface area (Å²) in [6.45, 7) is 7.19. The topological polar surface area (TPSA) is 87.7 Å². The Kier molecular flexibility index (Phi) is 9.37. The van der Waals surface area contributed by atoms with E-state index in [0.717, 1.165) is 40.8 Å². The van der Waals surface area contributed by atoms with Gasteiger partial charge in [-0.1, -0.05) is 32.0 Å². The highest BCUT2D eigenvalue weighted by atomic mass is 32.1. The summed E-state index contributed by atoms with van der Waals surface area (Å²) in [5, 5.41) is 8.29. The third kappa shape index (κ3) is 6.77. The maximum absolute atomic E-state index is 13.5. The number of carbonyl (C=O) groups excluding carboxylic acids is 3. The summed E-state index contributed by atoms with van der Waals surface area (Å²) in [6.07, 6.45) is 2.39. The number of carbonyl (C=O) groups is 3. The normalized spacial score (nSPS) is 19.4. The van der Waals surface area contributed by atoms with E-state index in [1.807, 2.05) is 32.9 Å². The second-order valence-corrected chi connectivity index (χ2v) is 11.2. The molecule has 0 bridgehead atoms. The molecule has 1 fully saturated rings. The Bertz CT molecular complexity index is 1370. The third-order valence-electron chi connectivity index (χ3n) is 7.39. The number of amides is 2. The molecule has 2 heterocycles. The van der Waals surface area contributed by atoms with Gasteiger partial charge in [0, 0.05) is 40.5 Å². The Morgan fingerprint density at radius 1 is 1.05 bits per heavy atom. The average molecular weight is 566 g/mol. The number of esters is 1. The Labute approximate surface area is 238 Å². The molecule has 0 radical (unpaired) electrons. The number of hydrogen-bond acceptors (Lipinski definition) is 6. The molecular formula is C31H36FN3O4S. The lowest BCUT2D eigenvalue weighted by atomic mass is 9.99. The fraction of sp³-hybridized carbons (Fsp3) is 0.387.